The van der Waals surface area contributed by atoms with Gasteiger partial charge in [0.25, 0.3) is 0 Å². The van der Waals surface area contributed by atoms with E-state index >= 15 is 0 Å². The van der Waals surface area contributed by atoms with Crippen LogP contribution in [0.5, 0.6) is 5.75 Å². The van der Waals surface area contributed by atoms with E-state index in [-0.39, 0.29) is 6.04 Å². The van der Waals surface area contributed by atoms with Crippen molar-refractivity contribution in [1.82, 2.24) is 10.3 Å². The van der Waals surface area contributed by atoms with E-state index in [1.54, 1.807) is 18.4 Å². The fraction of sp³-hybridized carbons (Fsp3) is 0.357. The molecular weight excluding hydrogens is 324 g/mol. The zero-order valence-corrected chi connectivity index (χ0v) is 13.4. The van der Waals surface area contributed by atoms with Gasteiger partial charge in [-0.2, -0.15) is 0 Å². The molecule has 0 bridgehead atoms. The number of hydrogen-bond donors (Lipinski definition) is 1. The van der Waals surface area contributed by atoms with Crippen LogP contribution in [-0.4, -0.2) is 18.6 Å². The van der Waals surface area contributed by atoms with Gasteiger partial charge in [-0.15, -0.1) is 11.3 Å². The molecule has 0 amide bonds. The minimum absolute atomic E-state index is 0.221. The van der Waals surface area contributed by atoms with Crippen LogP contribution >= 0.6 is 27.3 Å². The zero-order valence-electron chi connectivity index (χ0n) is 11.0. The minimum atomic E-state index is 0.221. The van der Waals surface area contributed by atoms with Crippen LogP contribution in [0.2, 0.25) is 0 Å². The van der Waals surface area contributed by atoms with Crippen LogP contribution in [0.4, 0.5) is 0 Å². The maximum absolute atomic E-state index is 5.49. The lowest BCUT2D eigenvalue weighted by Crippen LogP contribution is -2.23. The number of halogens is 1. The lowest BCUT2D eigenvalue weighted by Gasteiger charge is -2.20. The largest absolute Gasteiger partial charge is 0.496 e. The summed E-state index contributed by atoms with van der Waals surface area (Å²) in [5, 5.41) is 6.65. The molecule has 19 heavy (non-hydrogen) atoms. The van der Waals surface area contributed by atoms with E-state index in [0.717, 1.165) is 28.2 Å². The van der Waals surface area contributed by atoms with Crippen LogP contribution in [-0.2, 0) is 6.42 Å². The molecular formula is C14H17BrN2OS. The molecule has 0 fully saturated rings. The topological polar surface area (TPSA) is 34.2 Å². The van der Waals surface area contributed by atoms with E-state index in [2.05, 4.69) is 39.2 Å². The first-order valence-electron chi connectivity index (χ1n) is 6.19. The number of rotatable bonds is 6. The summed E-state index contributed by atoms with van der Waals surface area (Å²) in [5.41, 5.74) is 1.17. The Labute approximate surface area is 126 Å². The fourth-order valence-corrected chi connectivity index (χ4v) is 3.04. The number of ether oxygens (including phenoxy) is 1. The molecule has 1 aromatic carbocycles. The summed E-state index contributed by atoms with van der Waals surface area (Å²) in [6.07, 6.45) is 2.73. The predicted octanol–water partition coefficient (Wildman–Crippen LogP) is 3.81. The Hall–Kier alpha value is -0.910. The van der Waals surface area contributed by atoms with E-state index in [9.17, 15) is 0 Å². The number of nitrogens with one attached hydrogen (secondary N) is 1. The van der Waals surface area contributed by atoms with Crippen LogP contribution in [0.15, 0.2) is 34.2 Å². The molecule has 0 aliphatic heterocycles. The molecule has 5 heteroatoms. The molecule has 0 saturated heterocycles. The normalized spacial score (nSPS) is 12.4. The summed E-state index contributed by atoms with van der Waals surface area (Å²) in [7, 11) is 1.71. The van der Waals surface area contributed by atoms with Crippen molar-refractivity contribution in [2.75, 3.05) is 13.7 Å². The maximum Gasteiger partial charge on any atom is 0.124 e. The van der Waals surface area contributed by atoms with Crippen molar-refractivity contribution < 1.29 is 4.74 Å². The Morgan fingerprint density at radius 1 is 1.47 bits per heavy atom. The molecule has 1 atom stereocenters. The van der Waals surface area contributed by atoms with Crippen molar-refractivity contribution in [2.45, 2.75) is 19.4 Å². The monoisotopic (exact) mass is 340 g/mol. The number of benzene rings is 1. The van der Waals surface area contributed by atoms with E-state index < -0.39 is 0 Å². The molecule has 102 valence electrons. The maximum atomic E-state index is 5.49. The third-order valence-electron chi connectivity index (χ3n) is 2.88. The Bertz CT molecular complexity index is 516. The third-order valence-corrected chi connectivity index (χ3v) is 4.18. The molecule has 2 aromatic rings. The second-order valence-corrected chi connectivity index (χ2v) is 6.02. The molecule has 2 rings (SSSR count). The van der Waals surface area contributed by atoms with Gasteiger partial charge < -0.3 is 10.1 Å². The number of methoxy groups -OCH3 is 1. The number of aromatic nitrogens is 1. The Kier molecular flexibility index (Phi) is 5.36. The van der Waals surface area contributed by atoms with Crippen molar-refractivity contribution >= 4 is 27.3 Å². The van der Waals surface area contributed by atoms with Gasteiger partial charge >= 0.3 is 0 Å². The van der Waals surface area contributed by atoms with Crippen molar-refractivity contribution in [3.63, 3.8) is 0 Å². The molecule has 0 radical (unpaired) electrons. The molecule has 0 spiro atoms. The van der Waals surface area contributed by atoms with Crippen molar-refractivity contribution in [3.8, 4) is 5.75 Å². The summed E-state index contributed by atoms with van der Waals surface area (Å²) in [4.78, 5) is 4.37. The standard InChI is InChI=1S/C14H17BrN2OS/c1-3-16-12(9-14-17-6-7-19-14)11-5-4-10(15)8-13(11)18-2/h4-8,12,16H,3,9H2,1-2H3. The van der Waals surface area contributed by atoms with Gasteiger partial charge in [-0.25, -0.2) is 4.98 Å². The van der Waals surface area contributed by atoms with Crippen LogP contribution in [0.1, 0.15) is 23.5 Å². The first-order valence-corrected chi connectivity index (χ1v) is 7.87. The van der Waals surface area contributed by atoms with Crippen LogP contribution in [0, 0.1) is 0 Å². The highest BCUT2D eigenvalue weighted by molar-refractivity contribution is 9.10. The van der Waals surface area contributed by atoms with E-state index in [4.69, 9.17) is 4.74 Å². The highest BCUT2D eigenvalue weighted by Crippen LogP contribution is 2.30. The van der Waals surface area contributed by atoms with E-state index in [1.165, 1.54) is 5.56 Å². The minimum Gasteiger partial charge on any atom is -0.496 e. The third kappa shape index (κ3) is 3.78. The van der Waals surface area contributed by atoms with Crippen molar-refractivity contribution in [1.29, 1.82) is 0 Å². The lowest BCUT2D eigenvalue weighted by molar-refractivity contribution is 0.399. The van der Waals surface area contributed by atoms with Gasteiger partial charge in [-0.05, 0) is 18.7 Å². The quantitative estimate of drug-likeness (QED) is 0.868. The Balaban J connectivity index is 2.27. The molecule has 0 saturated carbocycles. The van der Waals surface area contributed by atoms with E-state index in [1.807, 2.05) is 23.7 Å². The van der Waals surface area contributed by atoms with Gasteiger partial charge in [-0.3, -0.25) is 0 Å². The Morgan fingerprint density at radius 3 is 2.95 bits per heavy atom. The average Bonchev–Trinajstić information content (AvgIpc) is 2.91. The predicted molar refractivity (Wildman–Crippen MR) is 82.9 cm³/mol. The number of likely N-dealkylation sites (N-methyl/N-ethyl adjacent to an activating group) is 1. The second kappa shape index (κ2) is 7.03. The molecule has 0 aliphatic rings. The molecule has 3 nitrogen and oxygen atoms in total. The van der Waals surface area contributed by atoms with Gasteiger partial charge in [0.1, 0.15) is 5.75 Å². The number of hydrogen-bond acceptors (Lipinski definition) is 4. The fourth-order valence-electron chi connectivity index (χ4n) is 2.04. The van der Waals surface area contributed by atoms with Crippen molar-refractivity contribution in [2.24, 2.45) is 0 Å². The number of thiazole rings is 1. The molecule has 0 aliphatic carbocycles. The lowest BCUT2D eigenvalue weighted by atomic mass is 10.0. The molecule has 1 N–H and O–H groups in total. The summed E-state index contributed by atoms with van der Waals surface area (Å²) < 4.78 is 6.51. The summed E-state index contributed by atoms with van der Waals surface area (Å²) >= 11 is 5.16. The summed E-state index contributed by atoms with van der Waals surface area (Å²) in [5.74, 6) is 0.900. The first-order chi connectivity index (χ1) is 9.24. The second-order valence-electron chi connectivity index (χ2n) is 4.13. The number of nitrogens with zero attached hydrogens (tertiary/aromatic N) is 1. The van der Waals surface area contributed by atoms with Crippen LogP contribution in [0.3, 0.4) is 0 Å². The van der Waals surface area contributed by atoms with Gasteiger partial charge in [0.2, 0.25) is 0 Å². The summed E-state index contributed by atoms with van der Waals surface area (Å²) in [6.45, 7) is 3.02. The van der Waals surface area contributed by atoms with E-state index in [0.29, 0.717) is 0 Å². The van der Waals surface area contributed by atoms with Crippen LogP contribution in [0.25, 0.3) is 0 Å². The summed E-state index contributed by atoms with van der Waals surface area (Å²) in [6, 6.07) is 6.37. The highest BCUT2D eigenvalue weighted by atomic mass is 79.9. The highest BCUT2D eigenvalue weighted by Gasteiger charge is 2.17. The van der Waals surface area contributed by atoms with Crippen LogP contribution < -0.4 is 10.1 Å². The molecule has 1 heterocycles. The zero-order chi connectivity index (χ0) is 13.7. The van der Waals surface area contributed by atoms with Gasteiger partial charge in [0, 0.05) is 34.1 Å². The SMILES string of the molecule is CCNC(Cc1nccs1)c1ccc(Br)cc1OC. The first kappa shape index (κ1) is 14.5. The molecule has 1 unspecified atom stereocenters. The van der Waals surface area contributed by atoms with Gasteiger partial charge in [0.05, 0.1) is 12.1 Å². The van der Waals surface area contributed by atoms with Gasteiger partial charge in [-0.1, -0.05) is 28.9 Å². The average molecular weight is 341 g/mol. The Morgan fingerprint density at radius 2 is 2.32 bits per heavy atom. The van der Waals surface area contributed by atoms with Crippen molar-refractivity contribution in [3.05, 3.63) is 44.8 Å². The smallest absolute Gasteiger partial charge is 0.124 e. The molecule has 1 aromatic heterocycles. The van der Waals surface area contributed by atoms with Gasteiger partial charge in [0.15, 0.2) is 0 Å².